The fraction of sp³-hybridized carbons (Fsp3) is 0.333. The van der Waals surface area contributed by atoms with E-state index in [-0.39, 0.29) is 11.6 Å². The number of piperazine rings is 1. The monoisotopic (exact) mass is 494 g/mol. The molecule has 4 heterocycles. The number of ether oxygens (including phenoxy) is 1. The van der Waals surface area contributed by atoms with Gasteiger partial charge in [0.25, 0.3) is 0 Å². The zero-order valence-electron chi connectivity index (χ0n) is 19.6. The second kappa shape index (κ2) is 10.1. The first-order chi connectivity index (χ1) is 17.0. The fourth-order valence-corrected chi connectivity index (χ4v) is 5.24. The molecule has 3 aromatic heterocycles. The van der Waals surface area contributed by atoms with Crippen LogP contribution in [0.3, 0.4) is 0 Å². The Morgan fingerprint density at radius 1 is 1.20 bits per heavy atom. The van der Waals surface area contributed by atoms with Gasteiger partial charge in [0.1, 0.15) is 16.9 Å². The lowest BCUT2D eigenvalue weighted by molar-refractivity contribution is 0.226. The maximum Gasteiger partial charge on any atom is 0.166 e. The minimum Gasteiger partial charge on any atom is -0.482 e. The van der Waals surface area contributed by atoms with Crippen molar-refractivity contribution in [3.05, 3.63) is 64.9 Å². The van der Waals surface area contributed by atoms with Crippen molar-refractivity contribution < 1.29 is 9.13 Å². The first-order valence-corrected chi connectivity index (χ1v) is 12.3. The summed E-state index contributed by atoms with van der Waals surface area (Å²) in [5.74, 6) is 0.317. The van der Waals surface area contributed by atoms with Crippen LogP contribution in [0.2, 0.25) is 0 Å². The Hall–Kier alpha value is -3.41. The molecule has 1 saturated heterocycles. The molecule has 0 saturated carbocycles. The highest BCUT2D eigenvalue weighted by molar-refractivity contribution is 7.15. The van der Waals surface area contributed by atoms with Gasteiger partial charge in [0.2, 0.25) is 0 Å². The van der Waals surface area contributed by atoms with Crippen LogP contribution >= 0.6 is 11.3 Å². The highest BCUT2D eigenvalue weighted by Gasteiger charge is 2.20. The van der Waals surface area contributed by atoms with Crippen LogP contribution in [0.25, 0.3) is 16.1 Å². The highest BCUT2D eigenvalue weighted by Crippen LogP contribution is 2.36. The Labute approximate surface area is 206 Å². The zero-order chi connectivity index (χ0) is 24.4. The van der Waals surface area contributed by atoms with Gasteiger partial charge in [-0.1, -0.05) is 0 Å². The number of hydrogen-bond acceptors (Lipinski definition) is 9. The standard InChI is InChI=1S/C24H27FN8OS/c1-15-23(35-22(31-15)14-32-9-7-27-8-10-32)17-11-21(24(26)28-13-17)34-16(2)19-12-18(25)3-4-20(19)33-29-5-6-30-33/h3-6,11-13,16,27H,7-10,14H2,1-2H3,(H2,26,28)/t16-/m1/s1. The second-order valence-electron chi connectivity index (χ2n) is 8.44. The predicted octanol–water partition coefficient (Wildman–Crippen LogP) is 3.36. The van der Waals surface area contributed by atoms with E-state index >= 15 is 0 Å². The van der Waals surface area contributed by atoms with Crippen LogP contribution in [0.5, 0.6) is 5.75 Å². The highest BCUT2D eigenvalue weighted by atomic mass is 32.1. The molecule has 182 valence electrons. The molecule has 5 rings (SSSR count). The molecule has 11 heteroatoms. The Kier molecular flexibility index (Phi) is 6.71. The number of rotatable bonds is 7. The smallest absolute Gasteiger partial charge is 0.166 e. The van der Waals surface area contributed by atoms with E-state index in [1.165, 1.54) is 16.9 Å². The molecule has 4 aromatic rings. The van der Waals surface area contributed by atoms with Gasteiger partial charge in [-0.25, -0.2) is 14.4 Å². The molecule has 0 aliphatic carbocycles. The van der Waals surface area contributed by atoms with E-state index in [0.29, 0.717) is 17.0 Å². The number of aryl methyl sites for hydroxylation is 1. The molecule has 1 aliphatic heterocycles. The molecule has 9 nitrogen and oxygen atoms in total. The summed E-state index contributed by atoms with van der Waals surface area (Å²) in [6.07, 6.45) is 4.34. The number of nitrogens with one attached hydrogen (secondary N) is 1. The van der Waals surface area contributed by atoms with E-state index < -0.39 is 6.10 Å². The number of hydrogen-bond donors (Lipinski definition) is 2. The van der Waals surface area contributed by atoms with Gasteiger partial charge in [-0.2, -0.15) is 15.0 Å². The van der Waals surface area contributed by atoms with Gasteiger partial charge < -0.3 is 15.8 Å². The van der Waals surface area contributed by atoms with Crippen LogP contribution in [0.15, 0.2) is 42.9 Å². The van der Waals surface area contributed by atoms with Gasteiger partial charge >= 0.3 is 0 Å². The molecule has 0 spiro atoms. The van der Waals surface area contributed by atoms with Crippen LogP contribution in [0, 0.1) is 12.7 Å². The molecule has 1 atom stereocenters. The molecular weight excluding hydrogens is 467 g/mol. The van der Waals surface area contributed by atoms with Gasteiger partial charge in [0.15, 0.2) is 11.6 Å². The van der Waals surface area contributed by atoms with E-state index in [0.717, 1.165) is 53.9 Å². The molecule has 1 aromatic carbocycles. The number of benzene rings is 1. The second-order valence-corrected chi connectivity index (χ2v) is 9.52. The predicted molar refractivity (Wildman–Crippen MR) is 133 cm³/mol. The maximum atomic E-state index is 14.1. The molecular formula is C24H27FN8OS. The largest absolute Gasteiger partial charge is 0.482 e. The summed E-state index contributed by atoms with van der Waals surface area (Å²) < 4.78 is 20.3. The number of halogens is 1. The van der Waals surface area contributed by atoms with Gasteiger partial charge in [-0.05, 0) is 38.1 Å². The van der Waals surface area contributed by atoms with Crippen molar-refractivity contribution in [2.75, 3.05) is 31.9 Å². The summed E-state index contributed by atoms with van der Waals surface area (Å²) in [4.78, 5) is 14.0. The summed E-state index contributed by atoms with van der Waals surface area (Å²) in [6.45, 7) is 8.70. The van der Waals surface area contributed by atoms with E-state index in [2.05, 4.69) is 25.4 Å². The summed E-state index contributed by atoms with van der Waals surface area (Å²) in [5, 5.41) is 12.8. The SMILES string of the molecule is Cc1nc(CN2CCNCC2)sc1-c1cnc(N)c(O[C@H](C)c2cc(F)ccc2-n2nccn2)c1. The van der Waals surface area contributed by atoms with E-state index in [4.69, 9.17) is 15.5 Å². The number of nitrogen functional groups attached to an aromatic ring is 1. The summed E-state index contributed by atoms with van der Waals surface area (Å²) in [6, 6.07) is 6.30. The molecule has 0 radical (unpaired) electrons. The van der Waals surface area contributed by atoms with Crippen LogP contribution in [0.4, 0.5) is 10.2 Å². The number of nitrogens with zero attached hydrogens (tertiary/aromatic N) is 6. The van der Waals surface area contributed by atoms with E-state index in [1.807, 2.05) is 19.9 Å². The van der Waals surface area contributed by atoms with Gasteiger partial charge in [0.05, 0.1) is 35.2 Å². The quantitative estimate of drug-likeness (QED) is 0.403. The Bertz CT molecular complexity index is 1300. The average molecular weight is 495 g/mol. The van der Waals surface area contributed by atoms with E-state index in [1.54, 1.807) is 36.0 Å². The molecule has 0 bridgehead atoms. The number of nitrogens with two attached hydrogens (primary N) is 1. The fourth-order valence-electron chi connectivity index (χ4n) is 4.15. The number of thiazole rings is 1. The average Bonchev–Trinajstić information content (AvgIpc) is 3.51. The molecule has 3 N–H and O–H groups in total. The summed E-state index contributed by atoms with van der Waals surface area (Å²) >= 11 is 1.66. The third-order valence-corrected chi connectivity index (χ3v) is 7.11. The Morgan fingerprint density at radius 3 is 2.74 bits per heavy atom. The molecule has 1 aliphatic rings. The summed E-state index contributed by atoms with van der Waals surface area (Å²) in [7, 11) is 0. The summed E-state index contributed by atoms with van der Waals surface area (Å²) in [5.41, 5.74) is 9.21. The van der Waals surface area contributed by atoms with Crippen molar-refractivity contribution in [3.63, 3.8) is 0 Å². The van der Waals surface area contributed by atoms with Gasteiger partial charge in [-0.15, -0.1) is 11.3 Å². The van der Waals surface area contributed by atoms with Crippen molar-refractivity contribution in [2.45, 2.75) is 26.5 Å². The number of pyridine rings is 1. The molecule has 0 amide bonds. The third kappa shape index (κ3) is 5.16. The minimum absolute atomic E-state index is 0.263. The van der Waals surface area contributed by atoms with Gasteiger partial charge in [-0.3, -0.25) is 4.90 Å². The van der Waals surface area contributed by atoms with E-state index in [9.17, 15) is 4.39 Å². The molecule has 0 unspecified atom stereocenters. The number of aromatic nitrogens is 5. The Morgan fingerprint density at radius 2 is 1.97 bits per heavy atom. The Balaban J connectivity index is 1.40. The van der Waals surface area contributed by atoms with Crippen molar-refractivity contribution in [2.24, 2.45) is 0 Å². The van der Waals surface area contributed by atoms with Crippen LogP contribution in [-0.4, -0.2) is 56.0 Å². The first kappa shape index (κ1) is 23.3. The molecule has 35 heavy (non-hydrogen) atoms. The van der Waals surface area contributed by atoms with Crippen molar-refractivity contribution in [1.29, 1.82) is 0 Å². The molecule has 1 fully saturated rings. The first-order valence-electron chi connectivity index (χ1n) is 11.5. The topological polar surface area (TPSA) is 107 Å². The maximum absolute atomic E-state index is 14.1. The lowest BCUT2D eigenvalue weighted by atomic mass is 10.1. The normalized spacial score (nSPS) is 15.3. The van der Waals surface area contributed by atoms with Crippen LogP contribution in [-0.2, 0) is 6.54 Å². The van der Waals surface area contributed by atoms with Crippen molar-refractivity contribution in [3.8, 4) is 21.9 Å². The third-order valence-electron chi connectivity index (χ3n) is 5.92. The number of anilines is 1. The lowest BCUT2D eigenvalue weighted by Crippen LogP contribution is -2.42. The zero-order valence-corrected chi connectivity index (χ0v) is 20.4. The van der Waals surface area contributed by atoms with Crippen molar-refractivity contribution >= 4 is 17.2 Å². The lowest BCUT2D eigenvalue weighted by Gasteiger charge is -2.26. The van der Waals surface area contributed by atoms with Gasteiger partial charge in [0, 0.05) is 43.5 Å². The van der Waals surface area contributed by atoms with Crippen LogP contribution in [0.1, 0.15) is 29.3 Å². The van der Waals surface area contributed by atoms with Crippen molar-refractivity contribution in [1.82, 2.24) is 35.2 Å². The van der Waals surface area contributed by atoms with Crippen LogP contribution < -0.4 is 15.8 Å². The minimum atomic E-state index is -0.531.